The van der Waals surface area contributed by atoms with Crippen molar-refractivity contribution in [2.75, 3.05) is 45.6 Å². The standard InChI is InChI=1S/C16H25N3O2S2/c1-12-10-22-16(17-12)23-11-15(20)19-8-13-3-4-14(9-19)18(7-13)5-6-21-2/h10,13-14H,3-9,11H2,1-2H3/t13-,14-/m0/s1. The number of carbonyl (C=O) groups is 1. The van der Waals surface area contributed by atoms with E-state index in [1.54, 1.807) is 30.2 Å². The number of thioether (sulfide) groups is 1. The first-order valence-corrected chi connectivity index (χ1v) is 10.1. The van der Waals surface area contributed by atoms with Crippen molar-refractivity contribution < 1.29 is 9.53 Å². The van der Waals surface area contributed by atoms with E-state index in [0.717, 1.165) is 42.8 Å². The molecule has 0 saturated carbocycles. The van der Waals surface area contributed by atoms with Gasteiger partial charge in [-0.05, 0) is 25.7 Å². The van der Waals surface area contributed by atoms with Crippen LogP contribution in [-0.2, 0) is 9.53 Å². The molecule has 2 bridgehead atoms. The minimum atomic E-state index is 0.258. The minimum absolute atomic E-state index is 0.258. The number of fused-ring (bicyclic) bond motifs is 4. The number of aryl methyl sites for hydroxylation is 1. The number of hydrogen-bond donors (Lipinski definition) is 0. The molecule has 23 heavy (non-hydrogen) atoms. The van der Waals surface area contributed by atoms with Crippen molar-refractivity contribution >= 4 is 29.0 Å². The molecule has 0 radical (unpaired) electrons. The summed E-state index contributed by atoms with van der Waals surface area (Å²) in [6, 6.07) is 0.500. The van der Waals surface area contributed by atoms with Crippen molar-refractivity contribution in [1.82, 2.24) is 14.8 Å². The van der Waals surface area contributed by atoms with Gasteiger partial charge in [0.2, 0.25) is 5.91 Å². The molecule has 4 rings (SSSR count). The van der Waals surface area contributed by atoms with E-state index < -0.39 is 0 Å². The summed E-state index contributed by atoms with van der Waals surface area (Å²) in [6.45, 7) is 6.64. The van der Waals surface area contributed by atoms with Crippen molar-refractivity contribution in [3.63, 3.8) is 0 Å². The van der Waals surface area contributed by atoms with Crippen LogP contribution >= 0.6 is 23.1 Å². The lowest BCUT2D eigenvalue weighted by Gasteiger charge is -2.35. The molecule has 3 aliphatic rings. The molecule has 0 spiro atoms. The van der Waals surface area contributed by atoms with E-state index >= 15 is 0 Å². The largest absolute Gasteiger partial charge is 0.383 e. The van der Waals surface area contributed by atoms with E-state index in [-0.39, 0.29) is 5.91 Å². The van der Waals surface area contributed by atoms with Gasteiger partial charge in [0.05, 0.1) is 12.4 Å². The molecule has 0 unspecified atom stereocenters. The second-order valence-corrected chi connectivity index (χ2v) is 8.51. The zero-order valence-corrected chi connectivity index (χ0v) is 15.5. The predicted octanol–water partition coefficient (Wildman–Crippen LogP) is 2.11. The van der Waals surface area contributed by atoms with Crippen molar-refractivity contribution in [1.29, 1.82) is 0 Å². The Labute approximate surface area is 146 Å². The maximum absolute atomic E-state index is 12.6. The highest BCUT2D eigenvalue weighted by atomic mass is 32.2. The van der Waals surface area contributed by atoms with E-state index in [1.807, 2.05) is 12.3 Å². The molecule has 7 heteroatoms. The summed E-state index contributed by atoms with van der Waals surface area (Å²) in [7, 11) is 1.75. The Morgan fingerprint density at radius 1 is 1.43 bits per heavy atom. The maximum atomic E-state index is 12.6. The topological polar surface area (TPSA) is 45.7 Å². The van der Waals surface area contributed by atoms with Crippen molar-refractivity contribution in [2.45, 2.75) is 30.1 Å². The van der Waals surface area contributed by atoms with Crippen molar-refractivity contribution in [3.05, 3.63) is 11.1 Å². The number of thiazole rings is 1. The zero-order chi connectivity index (χ0) is 16.2. The number of amides is 1. The number of nitrogens with zero attached hydrogens (tertiary/aromatic N) is 3. The molecular formula is C16H25N3O2S2. The lowest BCUT2D eigenvalue weighted by molar-refractivity contribution is -0.128. The summed E-state index contributed by atoms with van der Waals surface area (Å²) in [6.07, 6.45) is 2.45. The monoisotopic (exact) mass is 355 g/mol. The Bertz CT molecular complexity index is 537. The van der Waals surface area contributed by atoms with Crippen molar-refractivity contribution in [2.24, 2.45) is 5.92 Å². The molecule has 3 saturated heterocycles. The molecule has 0 N–H and O–H groups in total. The number of piperidine rings is 1. The molecule has 1 amide bonds. The molecule has 3 aliphatic heterocycles. The highest BCUT2D eigenvalue weighted by molar-refractivity contribution is 8.01. The smallest absolute Gasteiger partial charge is 0.233 e. The Morgan fingerprint density at radius 2 is 2.30 bits per heavy atom. The van der Waals surface area contributed by atoms with Crippen LogP contribution < -0.4 is 0 Å². The van der Waals surface area contributed by atoms with Crippen molar-refractivity contribution in [3.8, 4) is 0 Å². The number of aromatic nitrogens is 1. The van der Waals surface area contributed by atoms with Gasteiger partial charge in [-0.25, -0.2) is 4.98 Å². The van der Waals surface area contributed by atoms with Gasteiger partial charge in [-0.15, -0.1) is 11.3 Å². The van der Waals surface area contributed by atoms with Crippen LogP contribution in [0.4, 0.5) is 0 Å². The Morgan fingerprint density at radius 3 is 3.04 bits per heavy atom. The SMILES string of the molecule is COCCN1C[C@@H]2CC[C@H]1CN(C(=O)CSc1nc(C)cs1)C2. The number of carbonyl (C=O) groups excluding carboxylic acids is 1. The van der Waals surface area contributed by atoms with Gasteiger partial charge in [-0.1, -0.05) is 11.8 Å². The van der Waals surface area contributed by atoms with Crippen LogP contribution in [0.25, 0.3) is 0 Å². The maximum Gasteiger partial charge on any atom is 0.233 e. The van der Waals surface area contributed by atoms with Gasteiger partial charge in [-0.3, -0.25) is 9.69 Å². The molecule has 128 valence electrons. The predicted molar refractivity (Wildman–Crippen MR) is 94.1 cm³/mol. The first-order valence-electron chi connectivity index (χ1n) is 8.21. The van der Waals surface area contributed by atoms with E-state index in [1.165, 1.54) is 12.8 Å². The van der Waals surface area contributed by atoms with Gasteiger partial charge in [0.15, 0.2) is 4.34 Å². The second kappa shape index (κ2) is 7.96. The van der Waals surface area contributed by atoms with E-state index in [0.29, 0.717) is 17.7 Å². The molecule has 4 heterocycles. The normalized spacial score (nSPS) is 24.9. The number of ether oxygens (including phenoxy) is 1. The summed E-state index contributed by atoms with van der Waals surface area (Å²) in [5.41, 5.74) is 1.03. The summed E-state index contributed by atoms with van der Waals surface area (Å²) in [5, 5.41) is 2.03. The summed E-state index contributed by atoms with van der Waals surface area (Å²) in [4.78, 5) is 21.6. The molecule has 3 fully saturated rings. The van der Waals surface area contributed by atoms with Crippen LogP contribution in [0.2, 0.25) is 0 Å². The van der Waals surface area contributed by atoms with E-state index in [4.69, 9.17) is 4.74 Å². The van der Waals surface area contributed by atoms with Crippen LogP contribution in [0.1, 0.15) is 18.5 Å². The number of rotatable bonds is 6. The highest BCUT2D eigenvalue weighted by Gasteiger charge is 2.36. The fourth-order valence-corrected chi connectivity index (χ4v) is 5.23. The van der Waals surface area contributed by atoms with Crippen LogP contribution in [0.15, 0.2) is 9.72 Å². The summed E-state index contributed by atoms with van der Waals surface area (Å²) in [5.74, 6) is 1.37. The summed E-state index contributed by atoms with van der Waals surface area (Å²) >= 11 is 3.19. The average molecular weight is 356 g/mol. The zero-order valence-electron chi connectivity index (χ0n) is 13.9. The van der Waals surface area contributed by atoms with Gasteiger partial charge in [0.25, 0.3) is 0 Å². The number of hydrogen-bond acceptors (Lipinski definition) is 6. The summed E-state index contributed by atoms with van der Waals surface area (Å²) < 4.78 is 6.22. The molecule has 1 aromatic rings. The first kappa shape index (κ1) is 17.2. The first-order chi connectivity index (χ1) is 11.2. The third kappa shape index (κ3) is 4.47. The van der Waals surface area contributed by atoms with Crippen LogP contribution in [0.3, 0.4) is 0 Å². The Kier molecular flexibility index (Phi) is 5.96. The molecule has 0 aliphatic carbocycles. The fraction of sp³-hybridized carbons (Fsp3) is 0.750. The Hall–Kier alpha value is -0.630. The van der Waals surface area contributed by atoms with Gasteiger partial charge >= 0.3 is 0 Å². The molecule has 2 atom stereocenters. The lowest BCUT2D eigenvalue weighted by Crippen LogP contribution is -2.45. The molecule has 5 nitrogen and oxygen atoms in total. The van der Waals surface area contributed by atoms with Gasteiger partial charge in [-0.2, -0.15) is 0 Å². The van der Waals surface area contributed by atoms with Gasteiger partial charge in [0, 0.05) is 50.4 Å². The third-order valence-corrected chi connectivity index (χ3v) is 6.80. The number of methoxy groups -OCH3 is 1. The average Bonchev–Trinajstić information content (AvgIpc) is 2.77. The fourth-order valence-electron chi connectivity index (χ4n) is 3.48. The quantitative estimate of drug-likeness (QED) is 0.732. The Balaban J connectivity index is 1.55. The molecule has 1 aromatic heterocycles. The molecule has 0 aromatic carbocycles. The van der Waals surface area contributed by atoms with Crippen LogP contribution in [0.5, 0.6) is 0 Å². The van der Waals surface area contributed by atoms with E-state index in [2.05, 4.69) is 14.8 Å². The minimum Gasteiger partial charge on any atom is -0.383 e. The van der Waals surface area contributed by atoms with Crippen LogP contribution in [-0.4, -0.2) is 72.4 Å². The van der Waals surface area contributed by atoms with Gasteiger partial charge < -0.3 is 9.64 Å². The van der Waals surface area contributed by atoms with Gasteiger partial charge in [0.1, 0.15) is 0 Å². The third-order valence-electron chi connectivity index (χ3n) is 4.68. The van der Waals surface area contributed by atoms with E-state index in [9.17, 15) is 4.79 Å². The molecular weight excluding hydrogens is 330 g/mol. The second-order valence-electron chi connectivity index (χ2n) is 6.43. The lowest BCUT2D eigenvalue weighted by atomic mass is 9.95. The van der Waals surface area contributed by atoms with Crippen LogP contribution in [0, 0.1) is 12.8 Å². The highest BCUT2D eigenvalue weighted by Crippen LogP contribution is 2.29.